The molecule has 1 heterocycles. The molecule has 0 bridgehead atoms. The van der Waals surface area contributed by atoms with Crippen molar-refractivity contribution in [2.24, 2.45) is 5.73 Å². The number of aromatic nitrogens is 2. The minimum atomic E-state index is 0.0320. The summed E-state index contributed by atoms with van der Waals surface area (Å²) in [7, 11) is 0. The molecule has 0 saturated carbocycles. The summed E-state index contributed by atoms with van der Waals surface area (Å²) in [5.74, 6) is 1.11. The van der Waals surface area contributed by atoms with Gasteiger partial charge in [-0.05, 0) is 57.6 Å². The van der Waals surface area contributed by atoms with Gasteiger partial charge in [0.2, 0.25) is 0 Å². The summed E-state index contributed by atoms with van der Waals surface area (Å²) in [6.07, 6.45) is 4.82. The molecule has 3 nitrogen and oxygen atoms in total. The standard InChI is InChI=1S/C18H25N3/c1-12-8-9-15(13(2)10-12)16(19)11-21-14(3)20-17-6-4-5-7-18(17)21/h8-10,16H,4-7,11,19H2,1-3H3. The maximum atomic E-state index is 6.49. The van der Waals surface area contributed by atoms with Crippen molar-refractivity contribution >= 4 is 0 Å². The van der Waals surface area contributed by atoms with E-state index in [1.165, 1.54) is 40.9 Å². The van der Waals surface area contributed by atoms with Gasteiger partial charge >= 0.3 is 0 Å². The molecule has 1 aliphatic rings. The van der Waals surface area contributed by atoms with Crippen LogP contribution in [0.1, 0.15) is 52.8 Å². The topological polar surface area (TPSA) is 43.8 Å². The fraction of sp³-hybridized carbons (Fsp3) is 0.500. The molecule has 1 aliphatic carbocycles. The smallest absolute Gasteiger partial charge is 0.106 e. The fourth-order valence-corrected chi connectivity index (χ4v) is 3.51. The first kappa shape index (κ1) is 14.3. The number of aryl methyl sites for hydroxylation is 4. The molecular weight excluding hydrogens is 258 g/mol. The van der Waals surface area contributed by atoms with Gasteiger partial charge in [-0.3, -0.25) is 0 Å². The van der Waals surface area contributed by atoms with Crippen LogP contribution >= 0.6 is 0 Å². The molecule has 2 aromatic rings. The van der Waals surface area contributed by atoms with E-state index in [4.69, 9.17) is 10.7 Å². The average molecular weight is 283 g/mol. The van der Waals surface area contributed by atoms with E-state index in [0.29, 0.717) is 0 Å². The van der Waals surface area contributed by atoms with Crippen LogP contribution in [0.25, 0.3) is 0 Å². The quantitative estimate of drug-likeness (QED) is 0.938. The van der Waals surface area contributed by atoms with Crippen LogP contribution in [0.4, 0.5) is 0 Å². The van der Waals surface area contributed by atoms with Gasteiger partial charge in [0.15, 0.2) is 0 Å². The fourth-order valence-electron chi connectivity index (χ4n) is 3.51. The monoisotopic (exact) mass is 283 g/mol. The van der Waals surface area contributed by atoms with Crippen molar-refractivity contribution in [3.8, 4) is 0 Å². The highest BCUT2D eigenvalue weighted by molar-refractivity contribution is 5.33. The van der Waals surface area contributed by atoms with Crippen molar-refractivity contribution in [3.63, 3.8) is 0 Å². The summed E-state index contributed by atoms with van der Waals surface area (Å²) in [6, 6.07) is 6.57. The normalized spacial score (nSPS) is 15.8. The van der Waals surface area contributed by atoms with Crippen LogP contribution in [0.15, 0.2) is 18.2 Å². The Morgan fingerprint density at radius 3 is 2.71 bits per heavy atom. The molecule has 1 atom stereocenters. The third kappa shape index (κ3) is 2.75. The Morgan fingerprint density at radius 1 is 1.19 bits per heavy atom. The number of benzene rings is 1. The van der Waals surface area contributed by atoms with E-state index in [1.807, 2.05) is 0 Å². The predicted octanol–water partition coefficient (Wildman–Crippen LogP) is 3.39. The Labute approximate surface area is 127 Å². The van der Waals surface area contributed by atoms with Crippen molar-refractivity contribution in [3.05, 3.63) is 52.1 Å². The molecule has 0 saturated heterocycles. The number of nitrogens with two attached hydrogens (primary N) is 1. The van der Waals surface area contributed by atoms with Gasteiger partial charge in [-0.15, -0.1) is 0 Å². The highest BCUT2D eigenvalue weighted by Crippen LogP contribution is 2.25. The number of rotatable bonds is 3. The first-order valence-corrected chi connectivity index (χ1v) is 7.94. The molecule has 3 rings (SSSR count). The van der Waals surface area contributed by atoms with Gasteiger partial charge in [0.25, 0.3) is 0 Å². The summed E-state index contributed by atoms with van der Waals surface area (Å²) in [5, 5.41) is 0. The van der Waals surface area contributed by atoms with Crippen molar-refractivity contribution < 1.29 is 0 Å². The van der Waals surface area contributed by atoms with Crippen molar-refractivity contribution in [2.45, 2.75) is 59.0 Å². The molecule has 0 fully saturated rings. The molecule has 112 valence electrons. The number of nitrogens with zero attached hydrogens (tertiary/aromatic N) is 2. The molecular formula is C18H25N3. The Morgan fingerprint density at radius 2 is 1.95 bits per heavy atom. The van der Waals surface area contributed by atoms with Gasteiger partial charge in [0.1, 0.15) is 5.82 Å². The highest BCUT2D eigenvalue weighted by Gasteiger charge is 2.20. The molecule has 1 unspecified atom stereocenters. The SMILES string of the molecule is Cc1ccc(C(N)Cn2c(C)nc3c2CCCC3)c(C)c1. The Bertz CT molecular complexity index is 655. The van der Waals surface area contributed by atoms with Crippen LogP contribution in [0.3, 0.4) is 0 Å². The predicted molar refractivity (Wildman–Crippen MR) is 86.5 cm³/mol. The lowest BCUT2D eigenvalue weighted by atomic mass is 9.98. The molecule has 0 amide bonds. The maximum Gasteiger partial charge on any atom is 0.106 e. The summed E-state index contributed by atoms with van der Waals surface area (Å²) in [6.45, 7) is 7.21. The van der Waals surface area contributed by atoms with E-state index in [-0.39, 0.29) is 6.04 Å². The molecule has 0 radical (unpaired) electrons. The van der Waals surface area contributed by atoms with E-state index in [0.717, 1.165) is 25.2 Å². The second-order valence-corrected chi connectivity index (χ2v) is 6.34. The molecule has 0 aliphatic heterocycles. The number of hydrogen-bond acceptors (Lipinski definition) is 2. The van der Waals surface area contributed by atoms with Gasteiger partial charge in [0, 0.05) is 18.3 Å². The zero-order valence-corrected chi connectivity index (χ0v) is 13.3. The van der Waals surface area contributed by atoms with E-state index in [9.17, 15) is 0 Å². The van der Waals surface area contributed by atoms with Crippen LogP contribution in [0, 0.1) is 20.8 Å². The van der Waals surface area contributed by atoms with Gasteiger partial charge < -0.3 is 10.3 Å². The molecule has 3 heteroatoms. The van der Waals surface area contributed by atoms with E-state index in [1.54, 1.807) is 0 Å². The average Bonchev–Trinajstić information content (AvgIpc) is 2.75. The maximum absolute atomic E-state index is 6.49. The largest absolute Gasteiger partial charge is 0.330 e. The third-order valence-corrected chi connectivity index (χ3v) is 4.63. The molecule has 0 spiro atoms. The minimum absolute atomic E-state index is 0.0320. The van der Waals surface area contributed by atoms with Crippen LogP contribution in [-0.2, 0) is 19.4 Å². The second kappa shape index (κ2) is 5.64. The van der Waals surface area contributed by atoms with Gasteiger partial charge in [-0.25, -0.2) is 4.98 Å². The van der Waals surface area contributed by atoms with Gasteiger partial charge in [-0.2, -0.15) is 0 Å². The summed E-state index contributed by atoms with van der Waals surface area (Å²) < 4.78 is 2.35. The number of hydrogen-bond donors (Lipinski definition) is 1. The Balaban J connectivity index is 1.88. The molecule has 1 aromatic heterocycles. The lowest BCUT2D eigenvalue weighted by molar-refractivity contribution is 0.531. The van der Waals surface area contributed by atoms with E-state index in [2.05, 4.69) is 43.5 Å². The van der Waals surface area contributed by atoms with Crippen LogP contribution in [-0.4, -0.2) is 9.55 Å². The number of fused-ring (bicyclic) bond motifs is 1. The van der Waals surface area contributed by atoms with Crippen LogP contribution < -0.4 is 5.73 Å². The Kier molecular flexibility index (Phi) is 3.85. The minimum Gasteiger partial charge on any atom is -0.330 e. The first-order chi connectivity index (χ1) is 10.1. The summed E-state index contributed by atoms with van der Waals surface area (Å²) in [4.78, 5) is 4.74. The lowest BCUT2D eigenvalue weighted by Gasteiger charge is -2.20. The number of imidazole rings is 1. The summed E-state index contributed by atoms with van der Waals surface area (Å²) >= 11 is 0. The second-order valence-electron chi connectivity index (χ2n) is 6.34. The first-order valence-electron chi connectivity index (χ1n) is 7.94. The van der Waals surface area contributed by atoms with Gasteiger partial charge in [-0.1, -0.05) is 23.8 Å². The van der Waals surface area contributed by atoms with E-state index >= 15 is 0 Å². The molecule has 1 aromatic carbocycles. The van der Waals surface area contributed by atoms with E-state index < -0.39 is 0 Å². The lowest BCUT2D eigenvalue weighted by Crippen LogP contribution is -2.21. The van der Waals surface area contributed by atoms with Crippen LogP contribution in [0.5, 0.6) is 0 Å². The molecule has 2 N–H and O–H groups in total. The highest BCUT2D eigenvalue weighted by atomic mass is 15.1. The summed E-state index contributed by atoms with van der Waals surface area (Å²) in [5.41, 5.74) is 13.0. The van der Waals surface area contributed by atoms with Gasteiger partial charge in [0.05, 0.1) is 5.69 Å². The van der Waals surface area contributed by atoms with Crippen molar-refractivity contribution in [2.75, 3.05) is 0 Å². The third-order valence-electron chi connectivity index (χ3n) is 4.63. The Hall–Kier alpha value is -1.61. The molecule has 21 heavy (non-hydrogen) atoms. The van der Waals surface area contributed by atoms with Crippen LogP contribution in [0.2, 0.25) is 0 Å². The zero-order chi connectivity index (χ0) is 15.0. The zero-order valence-electron chi connectivity index (χ0n) is 13.3. The van der Waals surface area contributed by atoms with Crippen molar-refractivity contribution in [1.82, 2.24) is 9.55 Å². The van der Waals surface area contributed by atoms with Crippen molar-refractivity contribution in [1.29, 1.82) is 0 Å².